The van der Waals surface area contributed by atoms with Crippen molar-refractivity contribution in [3.05, 3.63) is 85.8 Å². The van der Waals surface area contributed by atoms with Crippen molar-refractivity contribution >= 4 is 34.0 Å². The van der Waals surface area contributed by atoms with Crippen LogP contribution in [0, 0.1) is 0 Å². The lowest BCUT2D eigenvalue weighted by atomic mass is 10.3. The van der Waals surface area contributed by atoms with Gasteiger partial charge in [-0.2, -0.15) is 0 Å². The molecule has 0 aliphatic carbocycles. The summed E-state index contributed by atoms with van der Waals surface area (Å²) in [6, 6.07) is 13.9. The van der Waals surface area contributed by atoms with Crippen LogP contribution in [0.15, 0.2) is 69.7 Å². The number of amides is 1. The Labute approximate surface area is 175 Å². The van der Waals surface area contributed by atoms with Crippen molar-refractivity contribution in [2.75, 3.05) is 12.4 Å². The maximum atomic E-state index is 13.1. The van der Waals surface area contributed by atoms with E-state index in [9.17, 15) is 14.4 Å². The molecule has 0 unspecified atom stereocenters. The number of pyridine rings is 1. The lowest BCUT2D eigenvalue weighted by molar-refractivity contribution is -0.116. The summed E-state index contributed by atoms with van der Waals surface area (Å²) in [6.45, 7) is -0.163. The van der Waals surface area contributed by atoms with Gasteiger partial charge in [-0.1, -0.05) is 18.2 Å². The van der Waals surface area contributed by atoms with Crippen LogP contribution >= 0.6 is 11.3 Å². The molecule has 0 atom stereocenters. The third-order valence-electron chi connectivity index (χ3n) is 4.56. The molecule has 1 aromatic carbocycles. The van der Waals surface area contributed by atoms with Gasteiger partial charge in [0, 0.05) is 11.1 Å². The maximum Gasteiger partial charge on any atom is 0.333 e. The zero-order chi connectivity index (χ0) is 21.1. The number of anilines is 1. The maximum absolute atomic E-state index is 13.1. The van der Waals surface area contributed by atoms with Gasteiger partial charge >= 0.3 is 5.69 Å². The first-order valence-corrected chi connectivity index (χ1v) is 10.00. The van der Waals surface area contributed by atoms with Gasteiger partial charge in [-0.15, -0.1) is 11.3 Å². The molecule has 0 aliphatic rings. The van der Waals surface area contributed by atoms with E-state index in [1.165, 1.54) is 29.2 Å². The molecule has 3 heterocycles. The number of hydrogen-bond acceptors (Lipinski definition) is 6. The van der Waals surface area contributed by atoms with Crippen LogP contribution in [0.5, 0.6) is 5.75 Å². The molecular weight excluding hydrogens is 404 g/mol. The monoisotopic (exact) mass is 422 g/mol. The highest BCUT2D eigenvalue weighted by atomic mass is 32.1. The number of ether oxygens (including phenoxy) is 1. The Kier molecular flexibility index (Phi) is 5.44. The van der Waals surface area contributed by atoms with Crippen molar-refractivity contribution in [1.82, 2.24) is 14.1 Å². The zero-order valence-electron chi connectivity index (χ0n) is 16.1. The topological polar surface area (TPSA) is 95.2 Å². The number of para-hydroxylation sites is 2. The van der Waals surface area contributed by atoms with Gasteiger partial charge in [-0.25, -0.2) is 9.78 Å². The Morgan fingerprint density at radius 1 is 1.10 bits per heavy atom. The van der Waals surface area contributed by atoms with Crippen molar-refractivity contribution < 1.29 is 9.53 Å². The van der Waals surface area contributed by atoms with Crippen LogP contribution < -0.4 is 21.3 Å². The largest absolute Gasteiger partial charge is 0.495 e. The first-order chi connectivity index (χ1) is 14.6. The van der Waals surface area contributed by atoms with Crippen LogP contribution in [0.25, 0.3) is 11.0 Å². The summed E-state index contributed by atoms with van der Waals surface area (Å²) in [5.74, 6) is 0.0683. The van der Waals surface area contributed by atoms with Crippen molar-refractivity contribution in [1.29, 1.82) is 0 Å². The number of benzene rings is 1. The van der Waals surface area contributed by atoms with E-state index in [0.29, 0.717) is 11.4 Å². The van der Waals surface area contributed by atoms with Gasteiger partial charge in [-0.3, -0.25) is 18.7 Å². The molecule has 0 fully saturated rings. The number of methoxy groups -OCH3 is 1. The van der Waals surface area contributed by atoms with E-state index in [0.717, 1.165) is 9.44 Å². The number of fused-ring (bicyclic) bond motifs is 1. The number of rotatable bonds is 6. The molecule has 3 aromatic heterocycles. The summed E-state index contributed by atoms with van der Waals surface area (Å²) in [5.41, 5.74) is -0.361. The van der Waals surface area contributed by atoms with E-state index < -0.39 is 17.2 Å². The highest BCUT2D eigenvalue weighted by Crippen LogP contribution is 2.23. The quantitative estimate of drug-likeness (QED) is 0.515. The van der Waals surface area contributed by atoms with Gasteiger partial charge in [0.05, 0.1) is 24.7 Å². The van der Waals surface area contributed by atoms with Crippen LogP contribution in [0.3, 0.4) is 0 Å². The second kappa shape index (κ2) is 8.34. The Hall–Kier alpha value is -3.72. The zero-order valence-corrected chi connectivity index (χ0v) is 16.9. The summed E-state index contributed by atoms with van der Waals surface area (Å²) in [7, 11) is 1.51. The minimum atomic E-state index is -0.588. The lowest BCUT2D eigenvalue weighted by Crippen LogP contribution is -2.42. The predicted molar refractivity (Wildman–Crippen MR) is 115 cm³/mol. The number of carbonyl (C=O) groups is 1. The number of carbonyl (C=O) groups excluding carboxylic acids is 1. The van der Waals surface area contributed by atoms with E-state index in [4.69, 9.17) is 4.74 Å². The molecular formula is C21H18N4O4S. The van der Waals surface area contributed by atoms with Crippen molar-refractivity contribution in [2.45, 2.75) is 13.1 Å². The van der Waals surface area contributed by atoms with E-state index in [2.05, 4.69) is 10.3 Å². The van der Waals surface area contributed by atoms with Gasteiger partial charge in [0.25, 0.3) is 5.56 Å². The third kappa shape index (κ3) is 3.74. The third-order valence-corrected chi connectivity index (χ3v) is 5.42. The first kappa shape index (κ1) is 19.6. The first-order valence-electron chi connectivity index (χ1n) is 9.12. The number of aromatic nitrogens is 3. The standard InChI is InChI=1S/C21H18N4O4S/c1-29-17-9-3-2-8-16(17)23-18(26)13-24-19-15(7-4-10-22-19)20(27)25(21(24)28)12-14-6-5-11-30-14/h2-11H,12-13H2,1H3,(H,23,26). The molecule has 0 spiro atoms. The summed E-state index contributed by atoms with van der Waals surface area (Å²) >= 11 is 1.45. The van der Waals surface area contributed by atoms with E-state index in [1.807, 2.05) is 17.5 Å². The highest BCUT2D eigenvalue weighted by molar-refractivity contribution is 7.09. The second-order valence-electron chi connectivity index (χ2n) is 6.46. The van der Waals surface area contributed by atoms with Crippen LogP contribution in [-0.4, -0.2) is 27.1 Å². The van der Waals surface area contributed by atoms with Gasteiger partial charge < -0.3 is 10.1 Å². The average Bonchev–Trinajstić information content (AvgIpc) is 3.28. The molecule has 0 saturated heterocycles. The molecule has 8 nitrogen and oxygen atoms in total. The van der Waals surface area contributed by atoms with Crippen LogP contribution in [-0.2, 0) is 17.9 Å². The molecule has 0 aliphatic heterocycles. The minimum Gasteiger partial charge on any atom is -0.495 e. The molecule has 1 N–H and O–H groups in total. The molecule has 0 bridgehead atoms. The molecule has 9 heteroatoms. The Morgan fingerprint density at radius 2 is 1.93 bits per heavy atom. The van der Waals surface area contributed by atoms with Gasteiger partial charge in [-0.05, 0) is 35.7 Å². The second-order valence-corrected chi connectivity index (χ2v) is 7.49. The fraction of sp³-hybridized carbons (Fsp3) is 0.143. The van der Waals surface area contributed by atoms with Gasteiger partial charge in [0.1, 0.15) is 17.9 Å². The molecule has 4 rings (SSSR count). The number of nitrogens with zero attached hydrogens (tertiary/aromatic N) is 3. The summed E-state index contributed by atoms with van der Waals surface area (Å²) < 4.78 is 7.59. The van der Waals surface area contributed by atoms with Crippen molar-refractivity contribution in [3.8, 4) is 5.75 Å². The number of hydrogen-bond donors (Lipinski definition) is 1. The molecule has 0 saturated carbocycles. The van der Waals surface area contributed by atoms with E-state index >= 15 is 0 Å². The summed E-state index contributed by atoms with van der Waals surface area (Å²) in [6.07, 6.45) is 1.49. The molecule has 152 valence electrons. The highest BCUT2D eigenvalue weighted by Gasteiger charge is 2.17. The smallest absolute Gasteiger partial charge is 0.333 e. The summed E-state index contributed by atoms with van der Waals surface area (Å²) in [4.78, 5) is 43.8. The molecule has 4 aromatic rings. The van der Waals surface area contributed by atoms with Gasteiger partial charge in [0.2, 0.25) is 5.91 Å². The Balaban J connectivity index is 1.75. The van der Waals surface area contributed by atoms with E-state index in [1.54, 1.807) is 36.4 Å². The average molecular weight is 422 g/mol. The molecule has 1 amide bonds. The lowest BCUT2D eigenvalue weighted by Gasteiger charge is -2.14. The number of thiophene rings is 1. The Bertz CT molecular complexity index is 1330. The fourth-order valence-corrected chi connectivity index (χ4v) is 3.86. The molecule has 30 heavy (non-hydrogen) atoms. The molecule has 0 radical (unpaired) electrons. The predicted octanol–water partition coefficient (Wildman–Crippen LogP) is 2.32. The summed E-state index contributed by atoms with van der Waals surface area (Å²) in [5, 5.41) is 4.90. The van der Waals surface area contributed by atoms with E-state index in [-0.39, 0.29) is 24.1 Å². The van der Waals surface area contributed by atoms with Crippen molar-refractivity contribution in [3.63, 3.8) is 0 Å². The number of nitrogens with one attached hydrogen (secondary N) is 1. The van der Waals surface area contributed by atoms with Gasteiger partial charge in [0.15, 0.2) is 0 Å². The normalized spacial score (nSPS) is 10.8. The van der Waals surface area contributed by atoms with Crippen molar-refractivity contribution in [2.24, 2.45) is 0 Å². The minimum absolute atomic E-state index is 0.133. The van der Waals surface area contributed by atoms with Crippen LogP contribution in [0.2, 0.25) is 0 Å². The fourth-order valence-electron chi connectivity index (χ4n) is 3.17. The SMILES string of the molecule is COc1ccccc1NC(=O)Cn1c(=O)n(Cc2cccs2)c(=O)c2cccnc21. The Morgan fingerprint density at radius 3 is 2.70 bits per heavy atom. The van der Waals surface area contributed by atoms with Crippen LogP contribution in [0.4, 0.5) is 5.69 Å². The van der Waals surface area contributed by atoms with Crippen LogP contribution in [0.1, 0.15) is 4.88 Å².